The van der Waals surface area contributed by atoms with E-state index in [1.54, 1.807) is 21.3 Å². The highest BCUT2D eigenvalue weighted by molar-refractivity contribution is 5.99. The molecule has 36 heavy (non-hydrogen) atoms. The minimum atomic E-state index is -0.0000690. The van der Waals surface area contributed by atoms with E-state index in [4.69, 9.17) is 24.2 Å². The van der Waals surface area contributed by atoms with Crippen LogP contribution in [0.25, 0.3) is 0 Å². The summed E-state index contributed by atoms with van der Waals surface area (Å²) >= 11 is 0. The molecule has 1 aliphatic heterocycles. The first kappa shape index (κ1) is 23.9. The number of rotatable bonds is 6. The molecule has 3 aromatic rings. The molecular formula is C28H32N4O4. The first-order chi connectivity index (χ1) is 17.5. The second-order valence-corrected chi connectivity index (χ2v) is 9.24. The van der Waals surface area contributed by atoms with Gasteiger partial charge in [-0.2, -0.15) is 0 Å². The number of methoxy groups -OCH3 is 3. The van der Waals surface area contributed by atoms with Crippen LogP contribution in [0.1, 0.15) is 39.6 Å². The fourth-order valence-electron chi connectivity index (χ4n) is 5.23. The average molecular weight is 489 g/mol. The first-order valence-electron chi connectivity index (χ1n) is 12.3. The summed E-state index contributed by atoms with van der Waals surface area (Å²) in [6.07, 6.45) is 1.09. The van der Waals surface area contributed by atoms with Gasteiger partial charge < -0.3 is 24.0 Å². The van der Waals surface area contributed by atoms with E-state index >= 15 is 0 Å². The fourth-order valence-corrected chi connectivity index (χ4v) is 5.23. The average Bonchev–Trinajstić information content (AvgIpc) is 2.92. The molecule has 1 saturated heterocycles. The van der Waals surface area contributed by atoms with Crippen LogP contribution >= 0.6 is 0 Å². The lowest BCUT2D eigenvalue weighted by molar-refractivity contribution is 0.0961. The number of carbonyl (C=O) groups is 1. The van der Waals surface area contributed by atoms with Crippen molar-refractivity contribution in [2.45, 2.75) is 25.7 Å². The number of nitrogens with zero attached hydrogens (tertiary/aromatic N) is 4. The van der Waals surface area contributed by atoms with Crippen LogP contribution < -0.4 is 24.0 Å². The number of fused-ring (bicyclic) bond motifs is 1. The SMILES string of the molecule is COc1ccc(N2CCN(c3nc(C)c4c(n3)C[C@@H](c3ccc(OC)cc3OC)CC4=O)CC2)cc1. The third kappa shape index (κ3) is 4.55. The molecule has 1 atom stereocenters. The van der Waals surface area contributed by atoms with Crippen LogP contribution in [0, 0.1) is 6.92 Å². The van der Waals surface area contributed by atoms with Gasteiger partial charge in [-0.3, -0.25) is 4.79 Å². The number of aryl methyl sites for hydroxylation is 1. The Hall–Kier alpha value is -3.81. The number of anilines is 2. The van der Waals surface area contributed by atoms with E-state index < -0.39 is 0 Å². The summed E-state index contributed by atoms with van der Waals surface area (Å²) in [5.41, 5.74) is 4.45. The zero-order valence-corrected chi connectivity index (χ0v) is 21.3. The predicted molar refractivity (Wildman–Crippen MR) is 139 cm³/mol. The molecule has 0 radical (unpaired) electrons. The van der Waals surface area contributed by atoms with Crippen molar-refractivity contribution in [3.8, 4) is 17.2 Å². The van der Waals surface area contributed by atoms with Crippen molar-refractivity contribution in [1.82, 2.24) is 9.97 Å². The van der Waals surface area contributed by atoms with E-state index in [0.717, 1.165) is 60.4 Å². The molecule has 0 saturated carbocycles. The molecule has 0 amide bonds. The summed E-state index contributed by atoms with van der Waals surface area (Å²) < 4.78 is 16.2. The highest BCUT2D eigenvalue weighted by Crippen LogP contribution is 2.39. The third-order valence-corrected chi connectivity index (χ3v) is 7.18. The number of piperazine rings is 1. The van der Waals surface area contributed by atoms with Crippen molar-refractivity contribution in [3.05, 3.63) is 65.0 Å². The molecule has 188 valence electrons. The lowest BCUT2D eigenvalue weighted by Crippen LogP contribution is -2.47. The first-order valence-corrected chi connectivity index (χ1v) is 12.3. The number of ether oxygens (including phenoxy) is 3. The third-order valence-electron chi connectivity index (χ3n) is 7.18. The van der Waals surface area contributed by atoms with Crippen molar-refractivity contribution < 1.29 is 19.0 Å². The van der Waals surface area contributed by atoms with E-state index in [1.165, 1.54) is 5.69 Å². The fraction of sp³-hybridized carbons (Fsp3) is 0.393. The summed E-state index contributed by atoms with van der Waals surface area (Å²) in [6, 6.07) is 13.9. The lowest BCUT2D eigenvalue weighted by atomic mass is 9.81. The lowest BCUT2D eigenvalue weighted by Gasteiger charge is -2.36. The van der Waals surface area contributed by atoms with Crippen LogP contribution in [0.5, 0.6) is 17.2 Å². The summed E-state index contributed by atoms with van der Waals surface area (Å²) in [5, 5.41) is 0. The normalized spacial score (nSPS) is 17.6. The Morgan fingerprint density at radius 2 is 1.47 bits per heavy atom. The zero-order valence-electron chi connectivity index (χ0n) is 21.3. The molecule has 0 bridgehead atoms. The van der Waals surface area contributed by atoms with Gasteiger partial charge in [0, 0.05) is 50.3 Å². The molecule has 2 heterocycles. The Morgan fingerprint density at radius 1 is 0.806 bits per heavy atom. The van der Waals surface area contributed by atoms with E-state index in [9.17, 15) is 4.79 Å². The molecule has 8 nitrogen and oxygen atoms in total. The molecule has 2 aliphatic rings. The number of ketones is 1. The van der Waals surface area contributed by atoms with Crippen molar-refractivity contribution in [2.24, 2.45) is 0 Å². The van der Waals surface area contributed by atoms with E-state index in [2.05, 4.69) is 21.9 Å². The van der Waals surface area contributed by atoms with Gasteiger partial charge in [0.1, 0.15) is 17.2 Å². The number of hydrogen-bond acceptors (Lipinski definition) is 8. The number of aromatic nitrogens is 2. The van der Waals surface area contributed by atoms with Crippen LogP contribution in [0.3, 0.4) is 0 Å². The summed E-state index contributed by atoms with van der Waals surface area (Å²) in [4.78, 5) is 27.4. The number of Topliss-reactive ketones (excluding diaryl/α,β-unsaturated/α-hetero) is 1. The van der Waals surface area contributed by atoms with Gasteiger partial charge in [-0.15, -0.1) is 0 Å². The largest absolute Gasteiger partial charge is 0.497 e. The van der Waals surface area contributed by atoms with Gasteiger partial charge in [-0.1, -0.05) is 6.07 Å². The number of hydrogen-bond donors (Lipinski definition) is 0. The van der Waals surface area contributed by atoms with Gasteiger partial charge >= 0.3 is 0 Å². The molecule has 8 heteroatoms. The Kier molecular flexibility index (Phi) is 6.67. The Labute approximate surface area is 211 Å². The van der Waals surface area contributed by atoms with Gasteiger partial charge in [0.15, 0.2) is 5.78 Å². The monoisotopic (exact) mass is 488 g/mol. The Balaban J connectivity index is 1.35. The van der Waals surface area contributed by atoms with Crippen molar-refractivity contribution in [1.29, 1.82) is 0 Å². The zero-order chi connectivity index (χ0) is 25.2. The van der Waals surface area contributed by atoms with Gasteiger partial charge in [-0.05, 0) is 49.2 Å². The standard InChI is InChI=1S/C28H32N4O4/c1-18-27-24(15-19(16-25(27)33)23-10-9-22(35-3)17-26(23)36-4)30-28(29-18)32-13-11-31(12-14-32)20-5-7-21(34-2)8-6-20/h5-10,17,19H,11-16H2,1-4H3/t19-/m1/s1. The summed E-state index contributed by atoms with van der Waals surface area (Å²) in [6.45, 7) is 5.29. The molecule has 1 fully saturated rings. The van der Waals surface area contributed by atoms with Crippen LogP contribution in [0.4, 0.5) is 11.6 Å². The Bertz CT molecular complexity index is 1250. The van der Waals surface area contributed by atoms with Crippen molar-refractivity contribution in [3.63, 3.8) is 0 Å². The molecular weight excluding hydrogens is 456 g/mol. The van der Waals surface area contributed by atoms with Crippen molar-refractivity contribution in [2.75, 3.05) is 57.3 Å². The quantitative estimate of drug-likeness (QED) is 0.514. The molecule has 0 unspecified atom stereocenters. The maximum Gasteiger partial charge on any atom is 0.225 e. The van der Waals surface area contributed by atoms with Crippen LogP contribution in [0.2, 0.25) is 0 Å². The minimum absolute atomic E-state index is 0.0000690. The van der Waals surface area contributed by atoms with Gasteiger partial charge in [-0.25, -0.2) is 9.97 Å². The smallest absolute Gasteiger partial charge is 0.225 e. The molecule has 0 spiro atoms. The van der Waals surface area contributed by atoms with E-state index in [-0.39, 0.29) is 11.7 Å². The maximum atomic E-state index is 13.2. The second-order valence-electron chi connectivity index (χ2n) is 9.24. The molecule has 1 aliphatic carbocycles. The number of carbonyl (C=O) groups excluding carboxylic acids is 1. The molecule has 0 N–H and O–H groups in total. The summed E-state index contributed by atoms with van der Waals surface area (Å²) in [5.74, 6) is 3.11. The van der Waals surface area contributed by atoms with E-state index in [1.807, 2.05) is 37.3 Å². The molecule has 2 aromatic carbocycles. The number of benzene rings is 2. The van der Waals surface area contributed by atoms with Gasteiger partial charge in [0.25, 0.3) is 0 Å². The van der Waals surface area contributed by atoms with Crippen molar-refractivity contribution >= 4 is 17.4 Å². The highest BCUT2D eigenvalue weighted by Gasteiger charge is 2.32. The van der Waals surface area contributed by atoms with E-state index in [0.29, 0.717) is 24.4 Å². The van der Waals surface area contributed by atoms with Crippen LogP contribution in [-0.2, 0) is 6.42 Å². The molecule has 1 aromatic heterocycles. The predicted octanol–water partition coefficient (Wildman–Crippen LogP) is 4.05. The second kappa shape index (κ2) is 10.0. The highest BCUT2D eigenvalue weighted by atomic mass is 16.5. The maximum absolute atomic E-state index is 13.2. The Morgan fingerprint density at radius 3 is 2.14 bits per heavy atom. The van der Waals surface area contributed by atoms with Crippen LogP contribution in [0.15, 0.2) is 42.5 Å². The summed E-state index contributed by atoms with van der Waals surface area (Å²) in [7, 11) is 4.96. The molecule has 5 rings (SSSR count). The minimum Gasteiger partial charge on any atom is -0.497 e. The topological polar surface area (TPSA) is 77.0 Å². The van der Waals surface area contributed by atoms with Gasteiger partial charge in [0.2, 0.25) is 5.95 Å². The van der Waals surface area contributed by atoms with Crippen LogP contribution in [-0.4, -0.2) is 63.3 Å². The van der Waals surface area contributed by atoms with Gasteiger partial charge in [0.05, 0.1) is 38.3 Å².